The molecule has 2 atom stereocenters. The van der Waals surface area contributed by atoms with E-state index in [0.29, 0.717) is 5.56 Å². The zero-order valence-corrected chi connectivity index (χ0v) is 14.5. The van der Waals surface area contributed by atoms with E-state index >= 15 is 0 Å². The first-order valence-corrected chi connectivity index (χ1v) is 7.96. The van der Waals surface area contributed by atoms with E-state index in [1.165, 1.54) is 0 Å². The van der Waals surface area contributed by atoms with Crippen molar-refractivity contribution < 1.29 is 42.6 Å². The fraction of sp³-hybridized carbons (Fsp3) is 0.353. The molecule has 0 heterocycles. The Morgan fingerprint density at radius 1 is 1.00 bits per heavy atom. The number of hydrogen-bond acceptors (Lipinski definition) is 6. The summed E-state index contributed by atoms with van der Waals surface area (Å²) in [4.78, 5) is 57.3. The highest BCUT2D eigenvalue weighted by atomic mass is 19.1. The van der Waals surface area contributed by atoms with Crippen molar-refractivity contribution in [1.29, 1.82) is 0 Å². The first kappa shape index (κ1) is 22.7. The van der Waals surface area contributed by atoms with E-state index in [9.17, 15) is 32.8 Å². The molecule has 0 saturated heterocycles. The molecular weight excluding hydrogens is 382 g/mol. The number of carbonyl (C=O) groups is 5. The van der Waals surface area contributed by atoms with Gasteiger partial charge >= 0.3 is 12.1 Å². The number of alkyl halides is 2. The average Bonchev–Trinajstić information content (AvgIpc) is 2.69. The normalized spacial score (nSPS) is 12.4. The maximum Gasteiger partial charge on any atom is 0.408 e. The Bertz CT molecular complexity index is 727. The van der Waals surface area contributed by atoms with Gasteiger partial charge in [0.1, 0.15) is 25.4 Å². The maximum atomic E-state index is 13.1. The Morgan fingerprint density at radius 2 is 1.64 bits per heavy atom. The molecule has 28 heavy (non-hydrogen) atoms. The molecule has 0 fully saturated rings. The minimum Gasteiger partial charge on any atom is -0.481 e. The summed E-state index contributed by atoms with van der Waals surface area (Å²) in [5, 5.41) is 12.5. The third-order valence-electron chi connectivity index (χ3n) is 3.38. The highest BCUT2D eigenvalue weighted by molar-refractivity contribution is 6.40. The van der Waals surface area contributed by atoms with Crippen LogP contribution in [0.2, 0.25) is 0 Å². The predicted octanol–water partition coefficient (Wildman–Crippen LogP) is 0.318. The second-order valence-corrected chi connectivity index (χ2v) is 5.49. The molecule has 1 aromatic rings. The van der Waals surface area contributed by atoms with Gasteiger partial charge in [0.2, 0.25) is 17.5 Å². The van der Waals surface area contributed by atoms with Crippen LogP contribution < -0.4 is 10.6 Å². The van der Waals surface area contributed by atoms with Gasteiger partial charge in [-0.1, -0.05) is 30.3 Å². The molecular formula is C17H18F2N2O7. The molecule has 0 aliphatic heterocycles. The number of carboxylic acid groups (broad SMARTS) is 1. The van der Waals surface area contributed by atoms with Crippen molar-refractivity contribution in [3.05, 3.63) is 35.9 Å². The Labute approximate surface area is 158 Å². The summed E-state index contributed by atoms with van der Waals surface area (Å²) in [6.07, 6.45) is -2.16. The number of carboxylic acids is 1. The van der Waals surface area contributed by atoms with E-state index < -0.39 is 61.4 Å². The van der Waals surface area contributed by atoms with Gasteiger partial charge in [-0.05, 0) is 5.56 Å². The number of alkyl carbamates (subject to hydrolysis) is 1. The quantitative estimate of drug-likeness (QED) is 0.455. The number of aliphatic carboxylic acids is 1. The lowest BCUT2D eigenvalue weighted by atomic mass is 10.1. The van der Waals surface area contributed by atoms with Crippen LogP contribution in [0.3, 0.4) is 0 Å². The zero-order valence-electron chi connectivity index (χ0n) is 14.5. The Kier molecular flexibility index (Phi) is 9.20. The minimum absolute atomic E-state index is 0.154. The van der Waals surface area contributed by atoms with Gasteiger partial charge in [-0.3, -0.25) is 19.2 Å². The van der Waals surface area contributed by atoms with Gasteiger partial charge in [0.15, 0.2) is 6.67 Å². The van der Waals surface area contributed by atoms with Gasteiger partial charge in [0.25, 0.3) is 0 Å². The predicted molar refractivity (Wildman–Crippen MR) is 89.7 cm³/mol. The Hall–Kier alpha value is -3.37. The van der Waals surface area contributed by atoms with Crippen LogP contribution in [0.15, 0.2) is 30.3 Å². The summed E-state index contributed by atoms with van der Waals surface area (Å²) in [7, 11) is 0. The van der Waals surface area contributed by atoms with E-state index in [2.05, 4.69) is 0 Å². The molecule has 0 saturated carbocycles. The van der Waals surface area contributed by atoms with Crippen molar-refractivity contribution in [3.63, 3.8) is 0 Å². The summed E-state index contributed by atoms with van der Waals surface area (Å²) in [5.74, 6) is -5.86. The first-order valence-electron chi connectivity index (χ1n) is 7.96. The third kappa shape index (κ3) is 7.48. The summed E-state index contributed by atoms with van der Waals surface area (Å²) in [5.41, 5.74) is 0.635. The summed E-state index contributed by atoms with van der Waals surface area (Å²) in [6.45, 7) is -3.24. The second kappa shape index (κ2) is 11.4. The molecule has 1 rings (SSSR count). The molecule has 0 spiro atoms. The first-order chi connectivity index (χ1) is 13.3. The van der Waals surface area contributed by atoms with E-state index in [0.717, 1.165) is 0 Å². The second-order valence-electron chi connectivity index (χ2n) is 5.49. The number of nitrogens with one attached hydrogen (secondary N) is 2. The van der Waals surface area contributed by atoms with Gasteiger partial charge in [-0.25, -0.2) is 13.6 Å². The van der Waals surface area contributed by atoms with Crippen LogP contribution in [0.4, 0.5) is 13.6 Å². The topological polar surface area (TPSA) is 139 Å². The van der Waals surface area contributed by atoms with Crippen molar-refractivity contribution in [2.45, 2.75) is 25.1 Å². The number of carbonyl (C=O) groups excluding carboxylic acids is 4. The van der Waals surface area contributed by atoms with Crippen molar-refractivity contribution in [2.24, 2.45) is 0 Å². The summed E-state index contributed by atoms with van der Waals surface area (Å²) >= 11 is 0. The molecule has 3 N–H and O–H groups in total. The molecule has 1 aromatic carbocycles. The monoisotopic (exact) mass is 400 g/mol. The molecule has 0 bridgehead atoms. The van der Waals surface area contributed by atoms with E-state index in [4.69, 9.17) is 9.84 Å². The van der Waals surface area contributed by atoms with Crippen molar-refractivity contribution in [1.82, 2.24) is 10.6 Å². The summed E-state index contributed by atoms with van der Waals surface area (Å²) in [6, 6.07) is 4.76. The standard InChI is InChI=1S/C17H18F2N2O7/c18-7-12(21-17(27)28-9-10-4-2-1-3-5-10)16(26)20-11(6-14(23)24)15(25)13(22)8-19/h1-5,11-12H,6-9H2,(H,20,26)(H,21,27)(H,23,24). The van der Waals surface area contributed by atoms with E-state index in [1.54, 1.807) is 30.3 Å². The van der Waals surface area contributed by atoms with Gasteiger partial charge in [-0.15, -0.1) is 0 Å². The van der Waals surface area contributed by atoms with Crippen molar-refractivity contribution in [2.75, 3.05) is 13.3 Å². The lowest BCUT2D eigenvalue weighted by Gasteiger charge is -2.19. The molecule has 0 aliphatic rings. The van der Waals surface area contributed by atoms with E-state index in [-0.39, 0.29) is 6.61 Å². The number of ether oxygens (including phenoxy) is 1. The molecule has 9 nitrogen and oxygen atoms in total. The van der Waals surface area contributed by atoms with Crippen molar-refractivity contribution >= 4 is 29.5 Å². The van der Waals surface area contributed by atoms with Crippen LogP contribution >= 0.6 is 0 Å². The highest BCUT2D eigenvalue weighted by Crippen LogP contribution is 2.02. The number of amides is 2. The van der Waals surface area contributed by atoms with Crippen LogP contribution in [-0.4, -0.2) is 60.1 Å². The molecule has 152 valence electrons. The Morgan fingerprint density at radius 3 is 2.18 bits per heavy atom. The molecule has 0 aliphatic carbocycles. The van der Waals surface area contributed by atoms with E-state index in [1.807, 2.05) is 10.6 Å². The number of benzene rings is 1. The average molecular weight is 400 g/mol. The lowest BCUT2D eigenvalue weighted by Crippen LogP contribution is -2.54. The number of Topliss-reactive ketones (excluding diaryl/α,β-unsaturated/α-hetero) is 2. The fourth-order valence-corrected chi connectivity index (χ4v) is 2.00. The fourth-order valence-electron chi connectivity index (χ4n) is 2.00. The largest absolute Gasteiger partial charge is 0.481 e. The van der Waals surface area contributed by atoms with Crippen LogP contribution in [0.5, 0.6) is 0 Å². The van der Waals surface area contributed by atoms with Crippen LogP contribution in [-0.2, 0) is 30.5 Å². The van der Waals surface area contributed by atoms with Gasteiger partial charge < -0.3 is 20.5 Å². The van der Waals surface area contributed by atoms with Gasteiger partial charge in [0, 0.05) is 0 Å². The van der Waals surface area contributed by atoms with Crippen LogP contribution in [0.25, 0.3) is 0 Å². The van der Waals surface area contributed by atoms with Crippen LogP contribution in [0.1, 0.15) is 12.0 Å². The molecule has 0 aromatic heterocycles. The smallest absolute Gasteiger partial charge is 0.408 e. The molecule has 2 unspecified atom stereocenters. The zero-order chi connectivity index (χ0) is 21.1. The number of hydrogen-bond donors (Lipinski definition) is 3. The minimum atomic E-state index is -1.90. The van der Waals surface area contributed by atoms with Crippen molar-refractivity contribution in [3.8, 4) is 0 Å². The maximum absolute atomic E-state index is 13.1. The lowest BCUT2D eigenvalue weighted by molar-refractivity contribution is -0.143. The van der Waals surface area contributed by atoms with Crippen LogP contribution in [0, 0.1) is 0 Å². The van der Waals surface area contributed by atoms with Gasteiger partial charge in [0.05, 0.1) is 6.42 Å². The number of halogens is 2. The van der Waals surface area contributed by atoms with Gasteiger partial charge in [-0.2, -0.15) is 0 Å². The third-order valence-corrected chi connectivity index (χ3v) is 3.38. The highest BCUT2D eigenvalue weighted by Gasteiger charge is 2.31. The number of rotatable bonds is 11. The molecule has 11 heteroatoms. The summed E-state index contributed by atoms with van der Waals surface area (Å²) < 4.78 is 30.3. The SMILES string of the molecule is O=C(O)CC(NC(=O)C(CF)NC(=O)OCc1ccccc1)C(=O)C(=O)CF. The molecule has 0 radical (unpaired) electrons. The molecule has 2 amide bonds. The number of ketones is 2. The Balaban J connectivity index is 2.68.